The molecule has 0 aliphatic rings. The fourth-order valence-corrected chi connectivity index (χ4v) is 6.28. The zero-order chi connectivity index (χ0) is 37.9. The number of aliphatic hydroxyl groups is 1. The van der Waals surface area contributed by atoms with Crippen molar-refractivity contribution < 1.29 is 32.9 Å². The highest BCUT2D eigenvalue weighted by Crippen LogP contribution is 2.38. The van der Waals surface area contributed by atoms with Crippen molar-refractivity contribution in [2.24, 2.45) is 0 Å². The number of hydrogen-bond donors (Lipinski definition) is 2. The van der Waals surface area contributed by atoms with Crippen LogP contribution in [-0.2, 0) is 18.4 Å². The fraction of sp³-hybridized carbons (Fsp3) is 0.786. The molecule has 1 amide bonds. The Morgan fingerprint density at radius 2 is 1.20 bits per heavy atom. The molecule has 0 aromatic heterocycles. The lowest BCUT2D eigenvalue weighted by atomic mass is 10.0. The van der Waals surface area contributed by atoms with Gasteiger partial charge in [0.15, 0.2) is 0 Å². The van der Waals surface area contributed by atoms with Crippen molar-refractivity contribution in [2.45, 2.75) is 174 Å². The van der Waals surface area contributed by atoms with Crippen molar-refractivity contribution >= 4 is 13.7 Å². The molecular weight excluding hydrogens is 659 g/mol. The molecule has 0 bridgehead atoms. The van der Waals surface area contributed by atoms with Crippen LogP contribution in [0.25, 0.3) is 0 Å². The van der Waals surface area contributed by atoms with E-state index in [1.165, 1.54) is 64.2 Å². The van der Waals surface area contributed by atoms with E-state index in [4.69, 9.17) is 9.05 Å². The van der Waals surface area contributed by atoms with Crippen LogP contribution in [0.15, 0.2) is 48.6 Å². The number of carbonyl (C=O) groups is 1. The first-order valence-electron chi connectivity index (χ1n) is 20.5. The van der Waals surface area contributed by atoms with Crippen LogP contribution in [0.3, 0.4) is 0 Å². The van der Waals surface area contributed by atoms with Crippen LogP contribution < -0.4 is 10.2 Å². The van der Waals surface area contributed by atoms with Gasteiger partial charge >= 0.3 is 0 Å². The van der Waals surface area contributed by atoms with E-state index in [0.717, 1.165) is 70.6 Å². The van der Waals surface area contributed by atoms with Gasteiger partial charge in [-0.2, -0.15) is 0 Å². The molecule has 0 aromatic rings. The molecule has 0 saturated carbocycles. The minimum absolute atomic E-state index is 0.00808. The van der Waals surface area contributed by atoms with Crippen molar-refractivity contribution in [2.75, 3.05) is 40.9 Å². The number of unbranched alkanes of at least 4 members (excludes halogenated alkanes) is 15. The normalized spacial score (nSPS) is 15.0. The molecule has 2 N–H and O–H groups in total. The van der Waals surface area contributed by atoms with Crippen LogP contribution in [0.2, 0.25) is 0 Å². The SMILES string of the molecule is CC/C=C\C/C=C\C/C=C\C/C=C\CCCCCCCCCCC(=O)NC(COP(=O)([O-])OCC[N+](C)(C)C)C(O)CCCCCCCCCC. The van der Waals surface area contributed by atoms with E-state index in [1.807, 2.05) is 21.1 Å². The predicted molar refractivity (Wildman–Crippen MR) is 214 cm³/mol. The Morgan fingerprint density at radius 1 is 0.706 bits per heavy atom. The minimum atomic E-state index is -4.56. The molecule has 0 rings (SSSR count). The summed E-state index contributed by atoms with van der Waals surface area (Å²) in [6.45, 7) is 4.54. The number of aliphatic hydroxyl groups excluding tert-OH is 1. The molecule has 9 heteroatoms. The van der Waals surface area contributed by atoms with Crippen molar-refractivity contribution in [3.05, 3.63) is 48.6 Å². The zero-order valence-corrected chi connectivity index (χ0v) is 34.4. The maximum Gasteiger partial charge on any atom is 0.268 e. The molecule has 8 nitrogen and oxygen atoms in total. The Hall–Kier alpha value is -1.54. The van der Waals surface area contributed by atoms with Gasteiger partial charge in [-0.1, -0.05) is 152 Å². The summed E-state index contributed by atoms with van der Waals surface area (Å²) in [6.07, 6.45) is 41.2. The van der Waals surface area contributed by atoms with Crippen molar-refractivity contribution in [1.82, 2.24) is 5.32 Å². The van der Waals surface area contributed by atoms with E-state index in [-0.39, 0.29) is 19.1 Å². The second-order valence-corrected chi connectivity index (χ2v) is 16.4. The van der Waals surface area contributed by atoms with Crippen molar-refractivity contribution in [3.63, 3.8) is 0 Å². The van der Waals surface area contributed by atoms with Crippen LogP contribution in [0.4, 0.5) is 0 Å². The number of phosphoric ester groups is 1. The van der Waals surface area contributed by atoms with Gasteiger partial charge in [0.05, 0.1) is 39.9 Å². The van der Waals surface area contributed by atoms with Gasteiger partial charge in [-0.3, -0.25) is 9.36 Å². The smallest absolute Gasteiger partial charge is 0.268 e. The monoisotopic (exact) mass is 739 g/mol. The Bertz CT molecular complexity index is 975. The van der Waals surface area contributed by atoms with Gasteiger partial charge in [-0.15, -0.1) is 0 Å². The fourth-order valence-electron chi connectivity index (χ4n) is 5.56. The second kappa shape index (κ2) is 34.2. The summed E-state index contributed by atoms with van der Waals surface area (Å²) in [5, 5.41) is 13.8. The van der Waals surface area contributed by atoms with Crippen LogP contribution in [0.1, 0.15) is 162 Å². The minimum Gasteiger partial charge on any atom is -0.756 e. The van der Waals surface area contributed by atoms with E-state index in [9.17, 15) is 19.4 Å². The van der Waals surface area contributed by atoms with Gasteiger partial charge in [0.1, 0.15) is 13.2 Å². The lowest BCUT2D eigenvalue weighted by molar-refractivity contribution is -0.870. The Kier molecular flexibility index (Phi) is 33.2. The van der Waals surface area contributed by atoms with Gasteiger partial charge in [0.25, 0.3) is 7.82 Å². The molecular formula is C42H79N2O6P. The standard InChI is InChI=1S/C42H79N2O6P/c1-6-8-10-12-14-16-17-18-19-20-21-22-23-24-25-26-27-28-30-32-34-36-42(46)43-40(39-50-51(47,48)49-38-37-44(3,4)5)41(45)35-33-31-29-15-13-11-9-7-2/h8,10,14,16,18-19,21-22,40-41,45H,6-7,9,11-13,15,17,20,23-39H2,1-5H3,(H-,43,46,47,48)/b10-8-,16-14-,19-18-,22-21-. The number of likely N-dealkylation sites (N-methyl/N-ethyl adjacent to an activating group) is 1. The summed E-state index contributed by atoms with van der Waals surface area (Å²) in [5.74, 6) is -0.180. The maximum absolute atomic E-state index is 12.8. The predicted octanol–water partition coefficient (Wildman–Crippen LogP) is 10.3. The molecule has 0 aromatic carbocycles. The first-order chi connectivity index (χ1) is 24.5. The summed E-state index contributed by atoms with van der Waals surface area (Å²) in [5.41, 5.74) is 0. The molecule has 0 aliphatic heterocycles. The molecule has 0 spiro atoms. The highest BCUT2D eigenvalue weighted by atomic mass is 31.2. The van der Waals surface area contributed by atoms with Crippen LogP contribution in [-0.4, -0.2) is 68.5 Å². The van der Waals surface area contributed by atoms with Crippen LogP contribution in [0.5, 0.6) is 0 Å². The summed E-state index contributed by atoms with van der Waals surface area (Å²) < 4.78 is 23.1. The number of nitrogens with zero attached hydrogens (tertiary/aromatic N) is 1. The van der Waals surface area contributed by atoms with E-state index < -0.39 is 20.0 Å². The Labute approximate surface area is 314 Å². The quantitative estimate of drug-likeness (QED) is 0.0287. The molecule has 3 unspecified atom stereocenters. The number of nitrogens with one attached hydrogen (secondary N) is 1. The third kappa shape index (κ3) is 36.6. The molecule has 0 fully saturated rings. The van der Waals surface area contributed by atoms with E-state index >= 15 is 0 Å². The molecule has 0 aliphatic carbocycles. The topological polar surface area (TPSA) is 108 Å². The Morgan fingerprint density at radius 3 is 1.75 bits per heavy atom. The van der Waals surface area contributed by atoms with E-state index in [1.54, 1.807) is 0 Å². The maximum atomic E-state index is 12.8. The number of rotatable bonds is 36. The van der Waals surface area contributed by atoms with Gasteiger partial charge in [-0.05, 0) is 51.4 Å². The lowest BCUT2D eigenvalue weighted by Crippen LogP contribution is -2.46. The first kappa shape index (κ1) is 49.5. The van der Waals surface area contributed by atoms with E-state index in [2.05, 4.69) is 67.8 Å². The average molecular weight is 739 g/mol. The zero-order valence-electron chi connectivity index (χ0n) is 33.5. The largest absolute Gasteiger partial charge is 0.756 e. The third-order valence-electron chi connectivity index (χ3n) is 8.83. The number of amides is 1. The lowest BCUT2D eigenvalue weighted by Gasteiger charge is -2.30. The summed E-state index contributed by atoms with van der Waals surface area (Å²) in [4.78, 5) is 25.2. The highest BCUT2D eigenvalue weighted by Gasteiger charge is 2.24. The van der Waals surface area contributed by atoms with Gasteiger partial charge < -0.3 is 28.8 Å². The number of quaternary nitrogens is 1. The van der Waals surface area contributed by atoms with Gasteiger partial charge in [-0.25, -0.2) is 0 Å². The van der Waals surface area contributed by atoms with Crippen molar-refractivity contribution in [3.8, 4) is 0 Å². The number of phosphoric acid groups is 1. The van der Waals surface area contributed by atoms with Crippen LogP contribution >= 0.6 is 7.82 Å². The number of carbonyl (C=O) groups excluding carboxylic acids is 1. The molecule has 298 valence electrons. The molecule has 0 radical (unpaired) electrons. The third-order valence-corrected chi connectivity index (χ3v) is 9.80. The average Bonchev–Trinajstić information content (AvgIpc) is 3.07. The second-order valence-electron chi connectivity index (χ2n) is 15.0. The molecule has 3 atom stereocenters. The van der Waals surface area contributed by atoms with Gasteiger partial charge in [0, 0.05) is 6.42 Å². The number of allylic oxidation sites excluding steroid dienone is 8. The Balaban J connectivity index is 4.28. The molecule has 0 heterocycles. The first-order valence-corrected chi connectivity index (χ1v) is 21.9. The van der Waals surface area contributed by atoms with Crippen molar-refractivity contribution in [1.29, 1.82) is 0 Å². The van der Waals surface area contributed by atoms with Gasteiger partial charge in [0.2, 0.25) is 5.91 Å². The molecule has 0 saturated heterocycles. The summed E-state index contributed by atoms with van der Waals surface area (Å²) in [7, 11) is 1.29. The van der Waals surface area contributed by atoms with Crippen LogP contribution in [0, 0.1) is 0 Å². The summed E-state index contributed by atoms with van der Waals surface area (Å²) in [6, 6.07) is -0.803. The molecule has 51 heavy (non-hydrogen) atoms. The number of hydrogen-bond acceptors (Lipinski definition) is 6. The summed E-state index contributed by atoms with van der Waals surface area (Å²) >= 11 is 0. The van der Waals surface area contributed by atoms with E-state index in [0.29, 0.717) is 23.9 Å². The highest BCUT2D eigenvalue weighted by molar-refractivity contribution is 7.45.